The van der Waals surface area contributed by atoms with E-state index in [-0.39, 0.29) is 11.9 Å². The summed E-state index contributed by atoms with van der Waals surface area (Å²) < 4.78 is 1.63. The zero-order valence-electron chi connectivity index (χ0n) is 13.4. The average Bonchev–Trinajstić information content (AvgIpc) is 3.21. The number of nitrogens with two attached hydrogens (primary N) is 1. The second-order valence-electron chi connectivity index (χ2n) is 5.66. The third kappa shape index (κ3) is 2.97. The lowest BCUT2D eigenvalue weighted by Crippen LogP contribution is -2.10. The number of para-hydroxylation sites is 1. The minimum atomic E-state index is -0.114. The lowest BCUT2D eigenvalue weighted by molar-refractivity contribution is 0.103. The normalized spacial score (nSPS) is 10.9. The number of aryl methyl sites for hydroxylation is 1. The van der Waals surface area contributed by atoms with Gasteiger partial charge in [0.1, 0.15) is 0 Å². The standard InChI is InChI=1S/C18H15N5OS/c1-11-4-2-3-5-14(11)20-17(24)15-8-13(10-25-15)12-6-7-16-21-18(19)22-23(16)9-12/h2-10H,1H3,(H2,19,22)(H,20,24). The summed E-state index contributed by atoms with van der Waals surface area (Å²) in [5, 5.41) is 9.02. The van der Waals surface area contributed by atoms with Gasteiger partial charge in [-0.15, -0.1) is 16.4 Å². The van der Waals surface area contributed by atoms with E-state index in [1.54, 1.807) is 4.52 Å². The summed E-state index contributed by atoms with van der Waals surface area (Å²) in [6.45, 7) is 1.97. The molecule has 1 aromatic carbocycles. The van der Waals surface area contributed by atoms with Crippen LogP contribution in [-0.2, 0) is 0 Å². The third-order valence-electron chi connectivity index (χ3n) is 3.90. The lowest BCUT2D eigenvalue weighted by atomic mass is 10.1. The van der Waals surface area contributed by atoms with Gasteiger partial charge in [-0.05, 0) is 47.7 Å². The molecule has 0 unspecified atom stereocenters. The Morgan fingerprint density at radius 3 is 2.88 bits per heavy atom. The molecule has 4 rings (SSSR count). The van der Waals surface area contributed by atoms with Crippen molar-refractivity contribution in [1.29, 1.82) is 0 Å². The van der Waals surface area contributed by atoms with E-state index in [0.29, 0.717) is 10.5 Å². The summed E-state index contributed by atoms with van der Waals surface area (Å²) in [5.41, 5.74) is 10.1. The molecule has 0 aliphatic rings. The molecule has 6 nitrogen and oxygen atoms in total. The number of nitrogen functional groups attached to an aromatic ring is 1. The van der Waals surface area contributed by atoms with E-state index >= 15 is 0 Å². The first-order valence-electron chi connectivity index (χ1n) is 7.68. The number of amides is 1. The minimum Gasteiger partial charge on any atom is -0.366 e. The summed E-state index contributed by atoms with van der Waals surface area (Å²) >= 11 is 1.41. The number of carbonyl (C=O) groups excluding carboxylic acids is 1. The molecule has 0 bridgehead atoms. The molecular weight excluding hydrogens is 334 g/mol. The van der Waals surface area contributed by atoms with Crippen molar-refractivity contribution < 1.29 is 4.79 Å². The number of aromatic nitrogens is 3. The van der Waals surface area contributed by atoms with Gasteiger partial charge >= 0.3 is 0 Å². The highest BCUT2D eigenvalue weighted by atomic mass is 32.1. The number of thiophene rings is 1. The van der Waals surface area contributed by atoms with Crippen molar-refractivity contribution in [2.45, 2.75) is 6.92 Å². The maximum atomic E-state index is 12.5. The fourth-order valence-electron chi connectivity index (χ4n) is 2.57. The molecule has 0 spiro atoms. The van der Waals surface area contributed by atoms with E-state index in [1.807, 2.05) is 61.0 Å². The molecule has 0 radical (unpaired) electrons. The second-order valence-corrected chi connectivity index (χ2v) is 6.57. The number of hydrogen-bond acceptors (Lipinski definition) is 5. The average molecular weight is 349 g/mol. The monoisotopic (exact) mass is 349 g/mol. The van der Waals surface area contributed by atoms with Gasteiger partial charge in [0.15, 0.2) is 5.65 Å². The lowest BCUT2D eigenvalue weighted by Gasteiger charge is -2.06. The molecule has 0 fully saturated rings. The molecule has 3 aromatic heterocycles. The number of pyridine rings is 1. The Bertz CT molecular complexity index is 1080. The number of rotatable bonds is 3. The van der Waals surface area contributed by atoms with Crippen molar-refractivity contribution in [3.63, 3.8) is 0 Å². The van der Waals surface area contributed by atoms with Crippen LogP contribution in [0.3, 0.4) is 0 Å². The Labute approximate surface area is 147 Å². The predicted octanol–water partition coefficient (Wildman–Crippen LogP) is 3.60. The largest absolute Gasteiger partial charge is 0.366 e. The SMILES string of the molecule is Cc1ccccc1NC(=O)c1cc(-c2ccc3nc(N)nn3c2)cs1. The van der Waals surface area contributed by atoms with Crippen LogP contribution in [0.15, 0.2) is 54.0 Å². The first-order valence-corrected chi connectivity index (χ1v) is 8.56. The van der Waals surface area contributed by atoms with Gasteiger partial charge < -0.3 is 11.1 Å². The van der Waals surface area contributed by atoms with Gasteiger partial charge in [-0.3, -0.25) is 4.79 Å². The van der Waals surface area contributed by atoms with Gasteiger partial charge in [0.25, 0.3) is 5.91 Å². The number of nitrogens with one attached hydrogen (secondary N) is 1. The first kappa shape index (κ1) is 15.3. The molecule has 4 aromatic rings. The Kier molecular flexibility index (Phi) is 3.70. The smallest absolute Gasteiger partial charge is 0.265 e. The van der Waals surface area contributed by atoms with Crippen molar-refractivity contribution in [3.05, 3.63) is 64.5 Å². The van der Waals surface area contributed by atoms with Gasteiger partial charge in [-0.1, -0.05) is 18.2 Å². The van der Waals surface area contributed by atoms with Gasteiger partial charge in [0.2, 0.25) is 5.95 Å². The molecular formula is C18H15N5OS. The fourth-order valence-corrected chi connectivity index (χ4v) is 3.39. The highest BCUT2D eigenvalue weighted by molar-refractivity contribution is 7.12. The highest BCUT2D eigenvalue weighted by Crippen LogP contribution is 2.27. The summed E-state index contributed by atoms with van der Waals surface area (Å²) in [6.07, 6.45) is 1.85. The van der Waals surface area contributed by atoms with Crippen LogP contribution in [0.5, 0.6) is 0 Å². The number of nitrogens with zero attached hydrogens (tertiary/aromatic N) is 3. The van der Waals surface area contributed by atoms with E-state index in [9.17, 15) is 4.79 Å². The molecule has 3 N–H and O–H groups in total. The third-order valence-corrected chi connectivity index (χ3v) is 4.83. The molecule has 0 aliphatic carbocycles. The number of hydrogen-bond donors (Lipinski definition) is 2. The van der Waals surface area contributed by atoms with Gasteiger partial charge in [0, 0.05) is 17.4 Å². The van der Waals surface area contributed by atoms with E-state index in [2.05, 4.69) is 15.4 Å². The Balaban J connectivity index is 1.60. The summed E-state index contributed by atoms with van der Waals surface area (Å²) in [6, 6.07) is 13.4. The molecule has 1 amide bonds. The van der Waals surface area contributed by atoms with E-state index in [0.717, 1.165) is 22.4 Å². The van der Waals surface area contributed by atoms with Crippen LogP contribution in [0, 0.1) is 6.92 Å². The molecule has 25 heavy (non-hydrogen) atoms. The van der Waals surface area contributed by atoms with Crippen molar-refractivity contribution in [1.82, 2.24) is 14.6 Å². The predicted molar refractivity (Wildman–Crippen MR) is 99.8 cm³/mol. The van der Waals surface area contributed by atoms with Crippen LogP contribution in [-0.4, -0.2) is 20.5 Å². The van der Waals surface area contributed by atoms with Crippen molar-refractivity contribution in [3.8, 4) is 11.1 Å². The van der Waals surface area contributed by atoms with E-state index in [1.165, 1.54) is 11.3 Å². The highest BCUT2D eigenvalue weighted by Gasteiger charge is 2.12. The van der Waals surface area contributed by atoms with Crippen LogP contribution in [0.2, 0.25) is 0 Å². The Morgan fingerprint density at radius 2 is 2.04 bits per heavy atom. The van der Waals surface area contributed by atoms with Gasteiger partial charge in [-0.2, -0.15) is 4.98 Å². The zero-order valence-corrected chi connectivity index (χ0v) is 14.2. The Hall–Kier alpha value is -3.19. The number of fused-ring (bicyclic) bond motifs is 1. The zero-order chi connectivity index (χ0) is 17.4. The topological polar surface area (TPSA) is 85.3 Å². The quantitative estimate of drug-likeness (QED) is 0.592. The molecule has 3 heterocycles. The summed E-state index contributed by atoms with van der Waals surface area (Å²) in [5.74, 6) is 0.123. The molecule has 124 valence electrons. The second kappa shape index (κ2) is 6.03. The fraction of sp³-hybridized carbons (Fsp3) is 0.0556. The van der Waals surface area contributed by atoms with Gasteiger partial charge in [-0.25, -0.2) is 4.52 Å². The maximum absolute atomic E-state index is 12.5. The van der Waals surface area contributed by atoms with Crippen LogP contribution in [0.4, 0.5) is 11.6 Å². The van der Waals surface area contributed by atoms with Crippen molar-refractivity contribution >= 4 is 34.5 Å². The Morgan fingerprint density at radius 1 is 1.20 bits per heavy atom. The first-order chi connectivity index (χ1) is 12.1. The summed E-state index contributed by atoms with van der Waals surface area (Å²) in [7, 11) is 0. The minimum absolute atomic E-state index is 0.114. The molecule has 0 saturated heterocycles. The van der Waals surface area contributed by atoms with Crippen molar-refractivity contribution in [2.75, 3.05) is 11.1 Å². The summed E-state index contributed by atoms with van der Waals surface area (Å²) in [4.78, 5) is 17.2. The number of anilines is 2. The van der Waals surface area contributed by atoms with E-state index < -0.39 is 0 Å². The van der Waals surface area contributed by atoms with Crippen LogP contribution in [0.25, 0.3) is 16.8 Å². The number of carbonyl (C=O) groups is 1. The van der Waals surface area contributed by atoms with Crippen LogP contribution < -0.4 is 11.1 Å². The number of benzene rings is 1. The van der Waals surface area contributed by atoms with E-state index in [4.69, 9.17) is 5.73 Å². The van der Waals surface area contributed by atoms with Crippen molar-refractivity contribution in [2.24, 2.45) is 0 Å². The molecule has 0 aliphatic heterocycles. The maximum Gasteiger partial charge on any atom is 0.265 e. The molecule has 0 saturated carbocycles. The molecule has 0 atom stereocenters. The van der Waals surface area contributed by atoms with Gasteiger partial charge in [0.05, 0.1) is 4.88 Å². The van der Waals surface area contributed by atoms with Crippen LogP contribution in [0.1, 0.15) is 15.2 Å². The molecule has 7 heteroatoms. The van der Waals surface area contributed by atoms with Crippen LogP contribution >= 0.6 is 11.3 Å².